The zero-order valence-electron chi connectivity index (χ0n) is 14.9. The fourth-order valence-electron chi connectivity index (χ4n) is 3.09. The molecule has 1 aromatic carbocycles. The first kappa shape index (κ1) is 18.0. The number of carboxylic acid groups (broad SMARTS) is 1. The van der Waals surface area contributed by atoms with Gasteiger partial charge < -0.3 is 19.3 Å². The third kappa shape index (κ3) is 3.87. The standard InChI is InChI=1S/C19H22N2O5/c1-12-17(13(2)26-20-12)11-25-16-5-3-4-15(10-16)18(22)21-8-6-14(7-9-21)19(23)24/h3-5,10,14H,6-9,11H2,1-2H3,(H,23,24). The summed E-state index contributed by atoms with van der Waals surface area (Å²) in [7, 11) is 0. The molecule has 0 bridgehead atoms. The van der Waals surface area contributed by atoms with E-state index in [2.05, 4.69) is 5.16 Å². The number of aliphatic carboxylic acids is 1. The van der Waals surface area contributed by atoms with Crippen LogP contribution < -0.4 is 4.74 Å². The van der Waals surface area contributed by atoms with Crippen molar-refractivity contribution < 1.29 is 24.0 Å². The van der Waals surface area contributed by atoms with Crippen molar-refractivity contribution in [3.63, 3.8) is 0 Å². The average molecular weight is 358 g/mol. The Hall–Kier alpha value is -2.83. The monoisotopic (exact) mass is 358 g/mol. The molecule has 7 nitrogen and oxygen atoms in total. The second kappa shape index (κ2) is 7.59. The fraction of sp³-hybridized carbons (Fsp3) is 0.421. The minimum atomic E-state index is -0.785. The maximum absolute atomic E-state index is 12.7. The van der Waals surface area contributed by atoms with Crippen LogP contribution in [-0.4, -0.2) is 40.1 Å². The van der Waals surface area contributed by atoms with E-state index in [1.54, 1.807) is 29.2 Å². The van der Waals surface area contributed by atoms with Gasteiger partial charge in [-0.25, -0.2) is 0 Å². The number of piperidine rings is 1. The molecule has 1 N–H and O–H groups in total. The molecular formula is C19H22N2O5. The molecule has 0 saturated carbocycles. The van der Waals surface area contributed by atoms with Gasteiger partial charge in [-0.1, -0.05) is 11.2 Å². The van der Waals surface area contributed by atoms with Crippen LogP contribution in [0.1, 0.15) is 40.2 Å². The number of ether oxygens (including phenoxy) is 1. The summed E-state index contributed by atoms with van der Waals surface area (Å²) in [5.74, 6) is 0.0690. The van der Waals surface area contributed by atoms with E-state index in [0.717, 1.165) is 17.0 Å². The smallest absolute Gasteiger partial charge is 0.306 e. The number of nitrogens with zero attached hydrogens (tertiary/aromatic N) is 2. The van der Waals surface area contributed by atoms with Crippen molar-refractivity contribution >= 4 is 11.9 Å². The van der Waals surface area contributed by atoms with Crippen molar-refractivity contribution in [2.75, 3.05) is 13.1 Å². The Bertz CT molecular complexity index is 787. The van der Waals surface area contributed by atoms with Gasteiger partial charge in [0.25, 0.3) is 5.91 Å². The first-order chi connectivity index (χ1) is 12.5. The molecule has 1 saturated heterocycles. The molecule has 0 aliphatic carbocycles. The molecular weight excluding hydrogens is 336 g/mol. The molecule has 7 heteroatoms. The predicted molar refractivity (Wildman–Crippen MR) is 93.0 cm³/mol. The Morgan fingerprint density at radius 2 is 2.04 bits per heavy atom. The van der Waals surface area contributed by atoms with Gasteiger partial charge in [-0.2, -0.15) is 0 Å². The normalized spacial score (nSPS) is 15.1. The highest BCUT2D eigenvalue weighted by molar-refractivity contribution is 5.94. The minimum absolute atomic E-state index is 0.100. The number of hydrogen-bond acceptors (Lipinski definition) is 5. The Labute approximate surface area is 151 Å². The highest BCUT2D eigenvalue weighted by Gasteiger charge is 2.27. The van der Waals surface area contributed by atoms with Gasteiger partial charge in [0.2, 0.25) is 0 Å². The third-order valence-electron chi connectivity index (χ3n) is 4.78. The lowest BCUT2D eigenvalue weighted by molar-refractivity contribution is -0.143. The number of carbonyl (C=O) groups is 2. The van der Waals surface area contributed by atoms with Gasteiger partial charge in [0.15, 0.2) is 0 Å². The van der Waals surface area contributed by atoms with Crippen molar-refractivity contribution in [3.05, 3.63) is 46.8 Å². The second-order valence-corrected chi connectivity index (χ2v) is 6.52. The van der Waals surface area contributed by atoms with Gasteiger partial charge in [0, 0.05) is 18.7 Å². The van der Waals surface area contributed by atoms with Crippen molar-refractivity contribution in [2.24, 2.45) is 5.92 Å². The van der Waals surface area contributed by atoms with Crippen molar-refractivity contribution in [1.82, 2.24) is 10.1 Å². The van der Waals surface area contributed by atoms with Crippen molar-refractivity contribution in [1.29, 1.82) is 0 Å². The van der Waals surface area contributed by atoms with E-state index in [4.69, 9.17) is 14.4 Å². The number of rotatable bonds is 5. The number of carboxylic acids is 1. The van der Waals surface area contributed by atoms with Gasteiger partial charge in [-0.05, 0) is 44.9 Å². The zero-order chi connectivity index (χ0) is 18.7. The van der Waals surface area contributed by atoms with Crippen LogP contribution in [0.2, 0.25) is 0 Å². The molecule has 2 aromatic rings. The molecule has 0 radical (unpaired) electrons. The van der Waals surface area contributed by atoms with Gasteiger partial charge in [0.05, 0.1) is 17.2 Å². The SMILES string of the molecule is Cc1noc(C)c1COc1cccc(C(=O)N2CCC(C(=O)O)CC2)c1. The van der Waals surface area contributed by atoms with E-state index >= 15 is 0 Å². The number of amides is 1. The summed E-state index contributed by atoms with van der Waals surface area (Å²) in [6.07, 6.45) is 0.979. The van der Waals surface area contributed by atoms with Crippen LogP contribution in [0, 0.1) is 19.8 Å². The van der Waals surface area contributed by atoms with Gasteiger partial charge in [-0.15, -0.1) is 0 Å². The first-order valence-electron chi connectivity index (χ1n) is 8.62. The third-order valence-corrected chi connectivity index (χ3v) is 4.78. The van der Waals surface area contributed by atoms with Crippen LogP contribution in [0.3, 0.4) is 0 Å². The van der Waals surface area contributed by atoms with Crippen LogP contribution in [-0.2, 0) is 11.4 Å². The summed E-state index contributed by atoms with van der Waals surface area (Å²) in [6, 6.07) is 7.03. The number of likely N-dealkylation sites (tertiary alicyclic amines) is 1. The van der Waals surface area contributed by atoms with E-state index in [1.807, 2.05) is 13.8 Å². The summed E-state index contributed by atoms with van der Waals surface area (Å²) in [5, 5.41) is 13.0. The van der Waals surface area contributed by atoms with Crippen molar-refractivity contribution in [3.8, 4) is 5.75 Å². The Morgan fingerprint density at radius 3 is 2.65 bits per heavy atom. The van der Waals surface area contributed by atoms with E-state index < -0.39 is 5.97 Å². The molecule has 0 spiro atoms. The largest absolute Gasteiger partial charge is 0.489 e. The Balaban J connectivity index is 1.63. The highest BCUT2D eigenvalue weighted by atomic mass is 16.5. The maximum Gasteiger partial charge on any atom is 0.306 e. The van der Waals surface area contributed by atoms with Crippen LogP contribution in [0.25, 0.3) is 0 Å². The Kier molecular flexibility index (Phi) is 5.25. The van der Waals surface area contributed by atoms with Crippen LogP contribution in [0.5, 0.6) is 5.75 Å². The molecule has 0 atom stereocenters. The zero-order valence-corrected chi connectivity index (χ0v) is 14.9. The molecule has 138 valence electrons. The lowest BCUT2D eigenvalue weighted by Crippen LogP contribution is -2.40. The molecule has 0 unspecified atom stereocenters. The molecule has 1 fully saturated rings. The molecule has 1 aromatic heterocycles. The summed E-state index contributed by atoms with van der Waals surface area (Å²) in [4.78, 5) is 25.4. The van der Waals surface area contributed by atoms with E-state index in [0.29, 0.717) is 43.9 Å². The van der Waals surface area contributed by atoms with Crippen LogP contribution >= 0.6 is 0 Å². The van der Waals surface area contributed by atoms with Crippen LogP contribution in [0.4, 0.5) is 0 Å². The van der Waals surface area contributed by atoms with Gasteiger partial charge in [-0.3, -0.25) is 9.59 Å². The highest BCUT2D eigenvalue weighted by Crippen LogP contribution is 2.22. The van der Waals surface area contributed by atoms with Gasteiger partial charge >= 0.3 is 5.97 Å². The lowest BCUT2D eigenvalue weighted by atomic mass is 9.96. The van der Waals surface area contributed by atoms with Gasteiger partial charge in [0.1, 0.15) is 18.1 Å². The minimum Gasteiger partial charge on any atom is -0.489 e. The second-order valence-electron chi connectivity index (χ2n) is 6.52. The van der Waals surface area contributed by atoms with E-state index in [9.17, 15) is 9.59 Å². The maximum atomic E-state index is 12.7. The summed E-state index contributed by atoms with van der Waals surface area (Å²) < 4.78 is 10.9. The summed E-state index contributed by atoms with van der Waals surface area (Å²) >= 11 is 0. The molecule has 26 heavy (non-hydrogen) atoms. The average Bonchev–Trinajstić information content (AvgIpc) is 2.97. The predicted octanol–water partition coefficient (Wildman–Crippen LogP) is 2.81. The molecule has 1 aliphatic heterocycles. The number of hydrogen-bond donors (Lipinski definition) is 1. The molecule has 1 aliphatic rings. The molecule has 2 heterocycles. The number of aromatic nitrogens is 1. The summed E-state index contributed by atoms with van der Waals surface area (Å²) in [5.41, 5.74) is 2.23. The van der Waals surface area contributed by atoms with Crippen LogP contribution in [0.15, 0.2) is 28.8 Å². The van der Waals surface area contributed by atoms with E-state index in [1.165, 1.54) is 0 Å². The fourth-order valence-corrected chi connectivity index (χ4v) is 3.09. The van der Waals surface area contributed by atoms with E-state index in [-0.39, 0.29) is 11.8 Å². The molecule has 3 rings (SSSR count). The summed E-state index contributed by atoms with van der Waals surface area (Å²) in [6.45, 7) is 4.93. The lowest BCUT2D eigenvalue weighted by Gasteiger charge is -2.30. The quantitative estimate of drug-likeness (QED) is 0.883. The Morgan fingerprint density at radius 1 is 1.31 bits per heavy atom. The number of benzene rings is 1. The first-order valence-corrected chi connectivity index (χ1v) is 8.62. The topological polar surface area (TPSA) is 92.9 Å². The molecule has 1 amide bonds. The van der Waals surface area contributed by atoms with Crippen molar-refractivity contribution in [2.45, 2.75) is 33.3 Å². The number of carbonyl (C=O) groups excluding carboxylic acids is 1. The number of aryl methyl sites for hydroxylation is 2.